The van der Waals surface area contributed by atoms with E-state index in [4.69, 9.17) is 17.2 Å². The second-order valence-corrected chi connectivity index (χ2v) is 3.73. The number of aliphatic imine (C=N–C) groups is 2. The quantitative estimate of drug-likeness (QED) is 0.421. The monoisotopic (exact) mass is 303 g/mol. The van der Waals surface area contributed by atoms with Crippen LogP contribution in [-0.4, -0.2) is 25.0 Å². The summed E-state index contributed by atoms with van der Waals surface area (Å²) < 4.78 is 43.0. The van der Waals surface area contributed by atoms with E-state index in [1.807, 2.05) is 0 Å². The average Bonchev–Trinajstić information content (AvgIpc) is 2.35. The summed E-state index contributed by atoms with van der Waals surface area (Å²) in [7, 11) is 0.977. The van der Waals surface area contributed by atoms with Crippen molar-refractivity contribution < 1.29 is 22.7 Å². The van der Waals surface area contributed by atoms with Crippen molar-refractivity contribution in [1.82, 2.24) is 0 Å². The van der Waals surface area contributed by atoms with Crippen LogP contribution in [0.1, 0.15) is 15.9 Å². The van der Waals surface area contributed by atoms with Crippen molar-refractivity contribution in [2.75, 3.05) is 7.11 Å². The molecule has 1 aromatic carbocycles. The van der Waals surface area contributed by atoms with Gasteiger partial charge in [-0.15, -0.1) is 0 Å². The van der Waals surface area contributed by atoms with Crippen LogP contribution in [0.25, 0.3) is 0 Å². The van der Waals surface area contributed by atoms with Crippen molar-refractivity contribution in [3.63, 3.8) is 0 Å². The van der Waals surface area contributed by atoms with E-state index in [9.17, 15) is 18.0 Å². The molecule has 0 heterocycles. The number of carbonyl (C=O) groups is 1. The molecule has 21 heavy (non-hydrogen) atoms. The molecule has 0 saturated carbocycles. The van der Waals surface area contributed by atoms with Crippen LogP contribution in [0.4, 0.5) is 18.9 Å². The summed E-state index contributed by atoms with van der Waals surface area (Å²) in [5.74, 6) is -1.93. The third-order valence-electron chi connectivity index (χ3n) is 2.20. The van der Waals surface area contributed by atoms with E-state index < -0.39 is 35.2 Å². The number of ether oxygens (including phenoxy) is 1. The third kappa shape index (κ3) is 4.37. The maximum Gasteiger partial charge on any atom is 0.417 e. The predicted octanol–water partition coefficient (Wildman–Crippen LogP) is 0.712. The van der Waals surface area contributed by atoms with E-state index in [0.29, 0.717) is 6.07 Å². The van der Waals surface area contributed by atoms with Crippen molar-refractivity contribution in [3.05, 3.63) is 29.3 Å². The van der Waals surface area contributed by atoms with E-state index in [-0.39, 0.29) is 5.69 Å². The van der Waals surface area contributed by atoms with Gasteiger partial charge in [0.1, 0.15) is 0 Å². The van der Waals surface area contributed by atoms with Gasteiger partial charge in [0.25, 0.3) is 0 Å². The fraction of sp³-hybridized carbons (Fsp3) is 0.182. The summed E-state index contributed by atoms with van der Waals surface area (Å²) in [6.45, 7) is 0. The molecule has 0 aliphatic carbocycles. The van der Waals surface area contributed by atoms with Gasteiger partial charge in [-0.25, -0.2) is 9.79 Å². The molecule has 114 valence electrons. The Morgan fingerprint density at radius 2 is 1.86 bits per heavy atom. The maximum atomic E-state index is 12.9. The molecule has 0 unspecified atom stereocenters. The molecule has 0 radical (unpaired) electrons. The normalized spacial score (nSPS) is 11.9. The number of guanidine groups is 2. The van der Waals surface area contributed by atoms with Crippen LogP contribution >= 0.6 is 0 Å². The van der Waals surface area contributed by atoms with Gasteiger partial charge in [0, 0.05) is 0 Å². The van der Waals surface area contributed by atoms with Crippen LogP contribution in [0, 0.1) is 0 Å². The SMILES string of the molecule is COC(=O)c1ccc(N=C(N)N=C(N)N)cc1C(F)(F)F. The molecule has 1 aromatic rings. The Balaban J connectivity index is 3.35. The minimum atomic E-state index is -4.76. The number of alkyl halides is 3. The Labute approximate surface area is 117 Å². The number of nitrogens with zero attached hydrogens (tertiary/aromatic N) is 2. The predicted molar refractivity (Wildman–Crippen MR) is 69.9 cm³/mol. The molecule has 0 aliphatic heterocycles. The number of benzene rings is 1. The second-order valence-electron chi connectivity index (χ2n) is 3.73. The highest BCUT2D eigenvalue weighted by molar-refractivity contribution is 5.94. The Morgan fingerprint density at radius 3 is 2.33 bits per heavy atom. The van der Waals surface area contributed by atoms with Gasteiger partial charge >= 0.3 is 12.1 Å². The summed E-state index contributed by atoms with van der Waals surface area (Å²) in [5, 5.41) is 0. The highest BCUT2D eigenvalue weighted by Gasteiger charge is 2.35. The lowest BCUT2D eigenvalue weighted by molar-refractivity contribution is -0.138. The molecule has 0 fully saturated rings. The van der Waals surface area contributed by atoms with Crippen LogP contribution < -0.4 is 17.2 Å². The molecule has 0 saturated heterocycles. The lowest BCUT2D eigenvalue weighted by Gasteiger charge is -2.12. The smallest absolute Gasteiger partial charge is 0.417 e. The van der Waals surface area contributed by atoms with Crippen LogP contribution in [0.3, 0.4) is 0 Å². The van der Waals surface area contributed by atoms with Crippen molar-refractivity contribution in [1.29, 1.82) is 0 Å². The summed E-state index contributed by atoms with van der Waals surface area (Å²) in [6.07, 6.45) is -4.76. The number of methoxy groups -OCH3 is 1. The van der Waals surface area contributed by atoms with Crippen LogP contribution in [0.15, 0.2) is 28.2 Å². The number of carbonyl (C=O) groups excluding carboxylic acids is 1. The molecule has 0 aromatic heterocycles. The topological polar surface area (TPSA) is 129 Å². The fourth-order valence-electron chi connectivity index (χ4n) is 1.41. The number of halogens is 3. The Morgan fingerprint density at radius 1 is 1.24 bits per heavy atom. The lowest BCUT2D eigenvalue weighted by Crippen LogP contribution is -2.26. The molecule has 1 rings (SSSR count). The van der Waals surface area contributed by atoms with E-state index in [2.05, 4.69) is 14.7 Å². The maximum absolute atomic E-state index is 12.9. The van der Waals surface area contributed by atoms with Crippen LogP contribution in [0.5, 0.6) is 0 Å². The molecular formula is C11H12F3N5O2. The Kier molecular flexibility index (Phi) is 4.74. The van der Waals surface area contributed by atoms with E-state index in [1.165, 1.54) is 0 Å². The zero-order valence-electron chi connectivity index (χ0n) is 10.8. The Bertz CT molecular complexity index is 606. The molecule has 6 N–H and O–H groups in total. The molecule has 0 atom stereocenters. The van der Waals surface area contributed by atoms with Crippen molar-refractivity contribution >= 4 is 23.6 Å². The number of hydrogen-bond donors (Lipinski definition) is 3. The third-order valence-corrected chi connectivity index (χ3v) is 2.20. The van der Waals surface area contributed by atoms with Crippen LogP contribution in [0.2, 0.25) is 0 Å². The standard InChI is InChI=1S/C11H12F3N5O2/c1-21-8(20)6-3-2-5(4-7(6)11(12,13)14)18-10(17)19-9(15)16/h2-4H,1H3,(H6,15,16,17,18,19). The first-order valence-electron chi connectivity index (χ1n) is 5.38. The lowest BCUT2D eigenvalue weighted by atomic mass is 10.1. The molecule has 0 bridgehead atoms. The molecular weight excluding hydrogens is 291 g/mol. The van der Waals surface area contributed by atoms with Gasteiger partial charge in [-0.05, 0) is 18.2 Å². The molecule has 0 aliphatic rings. The number of rotatable bonds is 2. The van der Waals surface area contributed by atoms with Gasteiger partial charge in [-0.1, -0.05) is 0 Å². The summed E-state index contributed by atoms with van der Waals surface area (Å²) >= 11 is 0. The first-order valence-corrected chi connectivity index (χ1v) is 5.38. The summed E-state index contributed by atoms with van der Waals surface area (Å²) in [6, 6.07) is 2.72. The highest BCUT2D eigenvalue weighted by Crippen LogP contribution is 2.34. The molecule has 0 amide bonds. The van der Waals surface area contributed by atoms with E-state index >= 15 is 0 Å². The number of nitrogens with two attached hydrogens (primary N) is 3. The van der Waals surface area contributed by atoms with Gasteiger partial charge in [-0.2, -0.15) is 18.2 Å². The van der Waals surface area contributed by atoms with Gasteiger partial charge in [0.2, 0.25) is 5.96 Å². The van der Waals surface area contributed by atoms with Gasteiger partial charge in [0.05, 0.1) is 23.9 Å². The summed E-state index contributed by atoms with van der Waals surface area (Å²) in [5.41, 5.74) is 13.4. The Hall–Kier alpha value is -2.78. The second kappa shape index (κ2) is 6.11. The minimum absolute atomic E-state index is 0.169. The number of hydrogen-bond acceptors (Lipinski definition) is 3. The van der Waals surface area contributed by atoms with E-state index in [1.54, 1.807) is 0 Å². The van der Waals surface area contributed by atoms with Gasteiger partial charge in [0.15, 0.2) is 5.96 Å². The number of esters is 1. The van der Waals surface area contributed by atoms with E-state index in [0.717, 1.165) is 19.2 Å². The van der Waals surface area contributed by atoms with Crippen molar-refractivity contribution in [2.45, 2.75) is 6.18 Å². The first-order chi connectivity index (χ1) is 9.65. The van der Waals surface area contributed by atoms with Crippen molar-refractivity contribution in [2.24, 2.45) is 27.2 Å². The largest absolute Gasteiger partial charge is 0.465 e. The van der Waals surface area contributed by atoms with Gasteiger partial charge < -0.3 is 21.9 Å². The van der Waals surface area contributed by atoms with Crippen molar-refractivity contribution in [3.8, 4) is 0 Å². The molecule has 0 spiro atoms. The molecule has 10 heteroatoms. The fourth-order valence-corrected chi connectivity index (χ4v) is 1.41. The zero-order chi connectivity index (χ0) is 16.2. The average molecular weight is 303 g/mol. The summed E-state index contributed by atoms with van der Waals surface area (Å²) in [4.78, 5) is 18.3. The highest BCUT2D eigenvalue weighted by atomic mass is 19.4. The van der Waals surface area contributed by atoms with Crippen LogP contribution in [-0.2, 0) is 10.9 Å². The first kappa shape index (κ1) is 16.3. The minimum Gasteiger partial charge on any atom is -0.465 e. The zero-order valence-corrected chi connectivity index (χ0v) is 10.8. The molecule has 7 nitrogen and oxygen atoms in total. The van der Waals surface area contributed by atoms with Gasteiger partial charge in [-0.3, -0.25) is 0 Å².